The highest BCUT2D eigenvalue weighted by atomic mass is 16.2. The molecule has 1 aromatic heterocycles. The molecule has 1 fully saturated rings. The summed E-state index contributed by atoms with van der Waals surface area (Å²) in [4.78, 5) is 17.8. The number of H-pyrrole nitrogens is 1. The van der Waals surface area contributed by atoms with E-state index in [1.165, 1.54) is 5.56 Å². The molecule has 1 saturated heterocycles. The second-order valence-electron chi connectivity index (χ2n) is 7.40. The average molecular weight is 377 g/mol. The summed E-state index contributed by atoms with van der Waals surface area (Å²) in [6.07, 6.45) is 0. The standard InChI is InChI=1S/C22H27N5O/c1-2-26-12-13-27(14-17-8-4-3-5-9-17)16-18(15-26)23-22(28)21-19-10-6-7-11-20(19)24-25-21/h3-11,18H,2,12-16H2,1H3,(H,23,28)(H,24,25). The Balaban J connectivity index is 1.48. The number of amides is 1. The van der Waals surface area contributed by atoms with Crippen LogP contribution in [-0.2, 0) is 6.54 Å². The number of nitrogens with one attached hydrogen (secondary N) is 2. The van der Waals surface area contributed by atoms with Crippen molar-refractivity contribution in [1.29, 1.82) is 0 Å². The maximum Gasteiger partial charge on any atom is 0.272 e. The monoisotopic (exact) mass is 377 g/mol. The number of aromatic nitrogens is 2. The number of hydrogen-bond donors (Lipinski definition) is 2. The van der Waals surface area contributed by atoms with Gasteiger partial charge >= 0.3 is 0 Å². The Morgan fingerprint density at radius 3 is 2.61 bits per heavy atom. The highest BCUT2D eigenvalue weighted by molar-refractivity contribution is 6.04. The fourth-order valence-corrected chi connectivity index (χ4v) is 3.90. The van der Waals surface area contributed by atoms with Gasteiger partial charge in [-0.3, -0.25) is 14.8 Å². The summed E-state index contributed by atoms with van der Waals surface area (Å²) < 4.78 is 0. The van der Waals surface area contributed by atoms with Gasteiger partial charge in [-0.25, -0.2) is 0 Å². The lowest BCUT2D eigenvalue weighted by molar-refractivity contribution is 0.0919. The van der Waals surface area contributed by atoms with Crippen LogP contribution in [0.2, 0.25) is 0 Å². The SMILES string of the molecule is CCN1CCN(Cc2ccccc2)CC(NC(=O)c2n[nH]c3ccccc23)C1. The summed E-state index contributed by atoms with van der Waals surface area (Å²) >= 11 is 0. The summed E-state index contributed by atoms with van der Waals surface area (Å²) in [5, 5.41) is 11.3. The quantitative estimate of drug-likeness (QED) is 0.717. The van der Waals surface area contributed by atoms with Crippen molar-refractivity contribution < 1.29 is 4.79 Å². The minimum absolute atomic E-state index is 0.0640. The van der Waals surface area contributed by atoms with E-state index in [-0.39, 0.29) is 11.9 Å². The third kappa shape index (κ3) is 4.24. The lowest BCUT2D eigenvalue weighted by Crippen LogP contribution is -2.46. The molecule has 1 unspecified atom stereocenters. The number of para-hydroxylation sites is 1. The Bertz CT molecular complexity index is 923. The largest absolute Gasteiger partial charge is 0.345 e. The van der Waals surface area contributed by atoms with Gasteiger partial charge in [0.2, 0.25) is 0 Å². The Hall–Kier alpha value is -2.70. The zero-order valence-corrected chi connectivity index (χ0v) is 16.3. The highest BCUT2D eigenvalue weighted by Crippen LogP contribution is 2.16. The number of hydrogen-bond acceptors (Lipinski definition) is 4. The van der Waals surface area contributed by atoms with Gasteiger partial charge in [0, 0.05) is 38.1 Å². The van der Waals surface area contributed by atoms with Crippen molar-refractivity contribution in [2.75, 3.05) is 32.7 Å². The van der Waals surface area contributed by atoms with E-state index in [1.54, 1.807) is 0 Å². The molecule has 0 aliphatic carbocycles. The van der Waals surface area contributed by atoms with E-state index in [1.807, 2.05) is 30.3 Å². The summed E-state index contributed by atoms with van der Waals surface area (Å²) in [6.45, 7) is 7.76. The molecule has 4 rings (SSSR count). The molecule has 2 heterocycles. The number of likely N-dealkylation sites (N-methyl/N-ethyl adjacent to an activating group) is 1. The van der Waals surface area contributed by atoms with E-state index in [4.69, 9.17) is 0 Å². The first-order valence-electron chi connectivity index (χ1n) is 9.95. The molecule has 3 aromatic rings. The number of nitrogens with zero attached hydrogens (tertiary/aromatic N) is 3. The summed E-state index contributed by atoms with van der Waals surface area (Å²) in [6, 6.07) is 18.3. The van der Waals surface area contributed by atoms with Gasteiger partial charge in [0.1, 0.15) is 0 Å². The molecule has 146 valence electrons. The van der Waals surface area contributed by atoms with Crippen molar-refractivity contribution in [2.45, 2.75) is 19.5 Å². The van der Waals surface area contributed by atoms with Crippen molar-refractivity contribution in [3.05, 3.63) is 65.9 Å². The minimum atomic E-state index is -0.111. The zero-order chi connectivity index (χ0) is 19.3. The van der Waals surface area contributed by atoms with Crippen LogP contribution in [0.15, 0.2) is 54.6 Å². The highest BCUT2D eigenvalue weighted by Gasteiger charge is 2.25. The third-order valence-electron chi connectivity index (χ3n) is 5.41. The van der Waals surface area contributed by atoms with Gasteiger partial charge in [0.25, 0.3) is 5.91 Å². The minimum Gasteiger partial charge on any atom is -0.345 e. The Morgan fingerprint density at radius 1 is 1.07 bits per heavy atom. The second kappa shape index (κ2) is 8.54. The summed E-state index contributed by atoms with van der Waals surface area (Å²) in [5.74, 6) is -0.111. The maximum atomic E-state index is 12.9. The van der Waals surface area contributed by atoms with Crippen LogP contribution < -0.4 is 5.32 Å². The maximum absolute atomic E-state index is 12.9. The van der Waals surface area contributed by atoms with Crippen LogP contribution in [0, 0.1) is 0 Å². The topological polar surface area (TPSA) is 64.3 Å². The molecular weight excluding hydrogens is 350 g/mol. The van der Waals surface area contributed by atoms with Gasteiger partial charge in [-0.1, -0.05) is 55.5 Å². The molecule has 6 heteroatoms. The van der Waals surface area contributed by atoms with Crippen LogP contribution in [-0.4, -0.2) is 64.7 Å². The first kappa shape index (κ1) is 18.7. The predicted molar refractivity (Wildman–Crippen MR) is 111 cm³/mol. The van der Waals surface area contributed by atoms with Gasteiger partial charge < -0.3 is 10.2 Å². The molecule has 28 heavy (non-hydrogen) atoms. The van der Waals surface area contributed by atoms with E-state index in [0.717, 1.165) is 50.2 Å². The molecule has 1 aliphatic rings. The lowest BCUT2D eigenvalue weighted by Gasteiger charge is -2.25. The average Bonchev–Trinajstić information content (AvgIpc) is 3.06. The van der Waals surface area contributed by atoms with Gasteiger partial charge in [-0.15, -0.1) is 0 Å². The van der Waals surface area contributed by atoms with Crippen LogP contribution in [0.4, 0.5) is 0 Å². The number of rotatable bonds is 5. The summed E-state index contributed by atoms with van der Waals surface area (Å²) in [5.41, 5.74) is 2.66. The van der Waals surface area contributed by atoms with E-state index in [2.05, 4.69) is 56.5 Å². The van der Waals surface area contributed by atoms with Crippen molar-refractivity contribution >= 4 is 16.8 Å². The van der Waals surface area contributed by atoms with E-state index in [0.29, 0.717) is 5.69 Å². The van der Waals surface area contributed by atoms with Crippen molar-refractivity contribution in [3.63, 3.8) is 0 Å². The van der Waals surface area contributed by atoms with Crippen LogP contribution in [0.5, 0.6) is 0 Å². The van der Waals surface area contributed by atoms with Gasteiger partial charge in [-0.05, 0) is 18.2 Å². The first-order valence-corrected chi connectivity index (χ1v) is 9.95. The predicted octanol–water partition coefficient (Wildman–Crippen LogP) is 2.50. The van der Waals surface area contributed by atoms with Gasteiger partial charge in [0.15, 0.2) is 5.69 Å². The van der Waals surface area contributed by atoms with Crippen LogP contribution >= 0.6 is 0 Å². The zero-order valence-electron chi connectivity index (χ0n) is 16.3. The smallest absolute Gasteiger partial charge is 0.272 e. The van der Waals surface area contributed by atoms with Crippen molar-refractivity contribution in [1.82, 2.24) is 25.3 Å². The number of aromatic amines is 1. The number of benzene rings is 2. The number of carbonyl (C=O) groups is 1. The fourth-order valence-electron chi connectivity index (χ4n) is 3.90. The fraction of sp³-hybridized carbons (Fsp3) is 0.364. The number of carbonyl (C=O) groups excluding carboxylic acids is 1. The molecule has 2 N–H and O–H groups in total. The lowest BCUT2D eigenvalue weighted by atomic mass is 10.1. The van der Waals surface area contributed by atoms with Crippen LogP contribution in [0.25, 0.3) is 10.9 Å². The molecule has 6 nitrogen and oxygen atoms in total. The van der Waals surface area contributed by atoms with Crippen molar-refractivity contribution in [3.8, 4) is 0 Å². The van der Waals surface area contributed by atoms with E-state index in [9.17, 15) is 4.79 Å². The Morgan fingerprint density at radius 2 is 1.79 bits per heavy atom. The van der Waals surface area contributed by atoms with Gasteiger partial charge in [0.05, 0.1) is 11.6 Å². The molecule has 0 saturated carbocycles. The molecule has 0 spiro atoms. The molecule has 2 aromatic carbocycles. The molecule has 1 aliphatic heterocycles. The van der Waals surface area contributed by atoms with Crippen molar-refractivity contribution in [2.24, 2.45) is 0 Å². The number of fused-ring (bicyclic) bond motifs is 1. The van der Waals surface area contributed by atoms with E-state index < -0.39 is 0 Å². The Kier molecular flexibility index (Phi) is 5.69. The third-order valence-corrected chi connectivity index (χ3v) is 5.41. The molecule has 0 radical (unpaired) electrons. The molecule has 0 bridgehead atoms. The van der Waals surface area contributed by atoms with E-state index >= 15 is 0 Å². The summed E-state index contributed by atoms with van der Waals surface area (Å²) in [7, 11) is 0. The normalized spacial score (nSPS) is 18.8. The second-order valence-corrected chi connectivity index (χ2v) is 7.40. The molecule has 1 atom stereocenters. The van der Waals surface area contributed by atoms with Crippen LogP contribution in [0.3, 0.4) is 0 Å². The Labute approximate surface area is 165 Å². The molecular formula is C22H27N5O. The van der Waals surface area contributed by atoms with Crippen LogP contribution in [0.1, 0.15) is 23.0 Å². The first-order chi connectivity index (χ1) is 13.7. The van der Waals surface area contributed by atoms with Gasteiger partial charge in [-0.2, -0.15) is 5.10 Å². The molecule has 1 amide bonds.